The van der Waals surface area contributed by atoms with Gasteiger partial charge in [0.2, 0.25) is 0 Å². The second-order valence-electron chi connectivity index (χ2n) is 5.48. The molecule has 1 unspecified atom stereocenters. The first kappa shape index (κ1) is 15.2. The summed E-state index contributed by atoms with van der Waals surface area (Å²) >= 11 is 0. The van der Waals surface area contributed by atoms with Crippen LogP contribution < -0.4 is 15.4 Å². The van der Waals surface area contributed by atoms with Crippen molar-refractivity contribution >= 4 is 11.4 Å². The zero-order chi connectivity index (χ0) is 15.4. The van der Waals surface area contributed by atoms with Gasteiger partial charge in [0.05, 0.1) is 18.5 Å². The van der Waals surface area contributed by atoms with E-state index in [4.69, 9.17) is 10.5 Å². The van der Waals surface area contributed by atoms with Crippen LogP contribution in [0.15, 0.2) is 42.5 Å². The number of methoxy groups -OCH3 is 1. The van der Waals surface area contributed by atoms with Gasteiger partial charge in [0.15, 0.2) is 0 Å². The molecule has 0 saturated carbocycles. The van der Waals surface area contributed by atoms with E-state index in [9.17, 15) is 0 Å². The van der Waals surface area contributed by atoms with Gasteiger partial charge in [-0.3, -0.25) is 0 Å². The molecule has 3 nitrogen and oxygen atoms in total. The number of ether oxygens (including phenoxy) is 1. The second-order valence-corrected chi connectivity index (χ2v) is 5.48. The molecular weight excluding hydrogens is 260 g/mol. The summed E-state index contributed by atoms with van der Waals surface area (Å²) in [7, 11) is 3.80. The number of likely N-dealkylation sites (N-methyl/N-ethyl adjacent to an activating group) is 1. The zero-order valence-electron chi connectivity index (χ0n) is 13.3. The number of benzene rings is 2. The molecule has 0 saturated heterocycles. The summed E-state index contributed by atoms with van der Waals surface area (Å²) in [5.74, 6) is 0.940. The number of nitrogens with zero attached hydrogens (tertiary/aromatic N) is 1. The van der Waals surface area contributed by atoms with Crippen molar-refractivity contribution in [2.24, 2.45) is 0 Å². The number of aryl methyl sites for hydroxylation is 1. The van der Waals surface area contributed by atoms with Crippen LogP contribution in [-0.4, -0.2) is 20.2 Å². The van der Waals surface area contributed by atoms with Crippen molar-refractivity contribution in [3.8, 4) is 5.75 Å². The summed E-state index contributed by atoms with van der Waals surface area (Å²) in [5.41, 5.74) is 10.5. The predicted octanol–water partition coefficient (Wildman–Crippen LogP) is 3.65. The number of para-hydroxylation sites is 2. The Morgan fingerprint density at radius 2 is 1.86 bits per heavy atom. The van der Waals surface area contributed by atoms with Gasteiger partial charge >= 0.3 is 0 Å². The fourth-order valence-electron chi connectivity index (χ4n) is 2.54. The maximum atomic E-state index is 6.20. The SMILES string of the molecule is COc1ccccc1CC(C)N(C)c1cccc(C)c1N. The molecule has 2 rings (SSSR count). The number of anilines is 2. The standard InChI is InChI=1S/C18H24N2O/c1-13-8-7-10-16(18(13)19)20(3)14(2)12-15-9-5-6-11-17(15)21-4/h5-11,14H,12,19H2,1-4H3. The van der Waals surface area contributed by atoms with Gasteiger partial charge in [-0.1, -0.05) is 30.3 Å². The van der Waals surface area contributed by atoms with E-state index in [-0.39, 0.29) is 0 Å². The lowest BCUT2D eigenvalue weighted by molar-refractivity contribution is 0.408. The lowest BCUT2D eigenvalue weighted by atomic mass is 10.0. The first-order valence-corrected chi connectivity index (χ1v) is 7.24. The maximum Gasteiger partial charge on any atom is 0.122 e. The molecule has 3 heteroatoms. The molecule has 1 atom stereocenters. The molecule has 0 fully saturated rings. The third kappa shape index (κ3) is 3.30. The normalized spacial score (nSPS) is 12.0. The van der Waals surface area contributed by atoms with Gasteiger partial charge in [0.25, 0.3) is 0 Å². The zero-order valence-corrected chi connectivity index (χ0v) is 13.3. The number of nitrogens with two attached hydrogens (primary N) is 1. The van der Waals surface area contributed by atoms with Crippen molar-refractivity contribution in [2.45, 2.75) is 26.3 Å². The molecule has 2 N–H and O–H groups in total. The number of nitrogen functional groups attached to an aromatic ring is 1. The highest BCUT2D eigenvalue weighted by molar-refractivity contribution is 5.71. The van der Waals surface area contributed by atoms with Gasteiger partial charge in [-0.05, 0) is 43.5 Å². The first-order valence-electron chi connectivity index (χ1n) is 7.24. The van der Waals surface area contributed by atoms with Crippen molar-refractivity contribution in [2.75, 3.05) is 24.8 Å². The van der Waals surface area contributed by atoms with Crippen LogP contribution in [0.3, 0.4) is 0 Å². The van der Waals surface area contributed by atoms with Crippen LogP contribution in [0.2, 0.25) is 0 Å². The van der Waals surface area contributed by atoms with E-state index < -0.39 is 0 Å². The molecular formula is C18H24N2O. The van der Waals surface area contributed by atoms with Crippen LogP contribution in [0.25, 0.3) is 0 Å². The minimum absolute atomic E-state index is 0.324. The molecule has 0 aliphatic rings. The Bertz CT molecular complexity index is 610. The highest BCUT2D eigenvalue weighted by Crippen LogP contribution is 2.28. The number of hydrogen-bond donors (Lipinski definition) is 1. The van der Waals surface area contributed by atoms with E-state index in [1.165, 1.54) is 5.56 Å². The lowest BCUT2D eigenvalue weighted by Crippen LogP contribution is -2.31. The van der Waals surface area contributed by atoms with Gasteiger partial charge in [-0.2, -0.15) is 0 Å². The smallest absolute Gasteiger partial charge is 0.122 e. The predicted molar refractivity (Wildman–Crippen MR) is 90.2 cm³/mol. The summed E-state index contributed by atoms with van der Waals surface area (Å²) in [4.78, 5) is 2.23. The quantitative estimate of drug-likeness (QED) is 0.852. The fourth-order valence-corrected chi connectivity index (χ4v) is 2.54. The number of hydrogen-bond acceptors (Lipinski definition) is 3. The second kappa shape index (κ2) is 6.53. The lowest BCUT2D eigenvalue weighted by Gasteiger charge is -2.29. The Balaban J connectivity index is 2.20. The summed E-state index contributed by atoms with van der Waals surface area (Å²) in [6.45, 7) is 4.24. The first-order chi connectivity index (χ1) is 10.0. The van der Waals surface area contributed by atoms with Crippen LogP contribution in [-0.2, 0) is 6.42 Å². The third-order valence-corrected chi connectivity index (χ3v) is 4.05. The molecule has 0 bridgehead atoms. The highest BCUT2D eigenvalue weighted by Gasteiger charge is 2.15. The minimum atomic E-state index is 0.324. The van der Waals surface area contributed by atoms with E-state index >= 15 is 0 Å². The molecule has 2 aromatic carbocycles. The minimum Gasteiger partial charge on any atom is -0.496 e. The molecule has 0 heterocycles. The Labute approximate surface area is 127 Å². The maximum absolute atomic E-state index is 6.20. The van der Waals surface area contributed by atoms with Gasteiger partial charge in [-0.15, -0.1) is 0 Å². The van der Waals surface area contributed by atoms with Gasteiger partial charge in [0, 0.05) is 13.1 Å². The topological polar surface area (TPSA) is 38.5 Å². The molecule has 0 radical (unpaired) electrons. The Morgan fingerprint density at radius 1 is 1.14 bits per heavy atom. The molecule has 0 spiro atoms. The van der Waals surface area contributed by atoms with Crippen molar-refractivity contribution in [3.63, 3.8) is 0 Å². The van der Waals surface area contributed by atoms with Crippen LogP contribution in [0.5, 0.6) is 5.75 Å². The fraction of sp³-hybridized carbons (Fsp3) is 0.333. The van der Waals surface area contributed by atoms with Crippen LogP contribution >= 0.6 is 0 Å². The van der Waals surface area contributed by atoms with Crippen molar-refractivity contribution in [3.05, 3.63) is 53.6 Å². The third-order valence-electron chi connectivity index (χ3n) is 4.05. The van der Waals surface area contributed by atoms with Crippen molar-refractivity contribution in [1.82, 2.24) is 0 Å². The summed E-state index contributed by atoms with van der Waals surface area (Å²) in [5, 5.41) is 0. The molecule has 2 aromatic rings. The Kier molecular flexibility index (Phi) is 4.73. The summed E-state index contributed by atoms with van der Waals surface area (Å²) in [6, 6.07) is 14.6. The van der Waals surface area contributed by atoms with E-state index in [1.807, 2.05) is 37.3 Å². The van der Waals surface area contributed by atoms with E-state index in [0.29, 0.717) is 6.04 Å². The molecule has 0 aromatic heterocycles. The average Bonchev–Trinajstić information content (AvgIpc) is 2.50. The van der Waals surface area contributed by atoms with E-state index in [1.54, 1.807) is 7.11 Å². The highest BCUT2D eigenvalue weighted by atomic mass is 16.5. The van der Waals surface area contributed by atoms with E-state index in [2.05, 4.69) is 31.0 Å². The monoisotopic (exact) mass is 284 g/mol. The average molecular weight is 284 g/mol. The Morgan fingerprint density at radius 3 is 2.57 bits per heavy atom. The van der Waals surface area contributed by atoms with Gasteiger partial charge < -0.3 is 15.4 Å². The molecule has 0 aliphatic carbocycles. The van der Waals surface area contributed by atoms with E-state index in [0.717, 1.165) is 29.1 Å². The van der Waals surface area contributed by atoms with Gasteiger partial charge in [-0.25, -0.2) is 0 Å². The van der Waals surface area contributed by atoms with Gasteiger partial charge in [0.1, 0.15) is 5.75 Å². The molecule has 0 aliphatic heterocycles. The molecule has 112 valence electrons. The van der Waals surface area contributed by atoms with Crippen LogP contribution in [0.1, 0.15) is 18.1 Å². The largest absolute Gasteiger partial charge is 0.496 e. The molecule has 0 amide bonds. The van der Waals surface area contributed by atoms with Crippen LogP contribution in [0.4, 0.5) is 11.4 Å². The van der Waals surface area contributed by atoms with Crippen molar-refractivity contribution in [1.29, 1.82) is 0 Å². The molecule has 21 heavy (non-hydrogen) atoms. The Hall–Kier alpha value is -2.16. The van der Waals surface area contributed by atoms with Crippen LogP contribution in [0, 0.1) is 6.92 Å². The summed E-state index contributed by atoms with van der Waals surface area (Å²) < 4.78 is 5.43. The number of rotatable bonds is 5. The summed E-state index contributed by atoms with van der Waals surface area (Å²) in [6.07, 6.45) is 0.911. The van der Waals surface area contributed by atoms with Crippen molar-refractivity contribution < 1.29 is 4.74 Å².